The second-order valence-corrected chi connectivity index (χ2v) is 4.86. The monoisotopic (exact) mass is 318 g/mol. The average Bonchev–Trinajstić information content (AvgIpc) is 2.33. The molecule has 1 atom stereocenters. The lowest BCUT2D eigenvalue weighted by Gasteiger charge is -2.16. The van der Waals surface area contributed by atoms with Gasteiger partial charge in [0.2, 0.25) is 0 Å². The van der Waals surface area contributed by atoms with Gasteiger partial charge in [0.25, 0.3) is 0 Å². The largest absolute Gasteiger partial charge is 0.490 e. The minimum Gasteiger partial charge on any atom is -0.490 e. The van der Waals surface area contributed by atoms with Crippen LogP contribution in [0.1, 0.15) is 38.7 Å². The van der Waals surface area contributed by atoms with Crippen molar-refractivity contribution in [3.63, 3.8) is 0 Å². The van der Waals surface area contributed by atoms with E-state index in [9.17, 15) is 4.39 Å². The Kier molecular flexibility index (Phi) is 6.47. The molecule has 1 unspecified atom stereocenters. The van der Waals surface area contributed by atoms with Crippen LogP contribution in [0.4, 0.5) is 4.39 Å². The quantitative estimate of drug-likeness (QED) is 0.688. The summed E-state index contributed by atoms with van der Waals surface area (Å²) in [5.41, 5.74) is 0.682. The Hall–Kier alpha value is -0.770. The van der Waals surface area contributed by atoms with Gasteiger partial charge in [0.15, 0.2) is 11.5 Å². The van der Waals surface area contributed by atoms with Gasteiger partial charge in [-0.25, -0.2) is 4.39 Å². The van der Waals surface area contributed by atoms with Crippen molar-refractivity contribution in [3.05, 3.63) is 23.5 Å². The Morgan fingerprint density at radius 3 is 2.22 bits per heavy atom. The molecule has 0 bridgehead atoms. The topological polar surface area (TPSA) is 18.5 Å². The van der Waals surface area contributed by atoms with E-state index in [1.807, 2.05) is 20.8 Å². The molecular weight excluding hydrogens is 299 g/mol. The van der Waals surface area contributed by atoms with Crippen molar-refractivity contribution in [3.8, 4) is 11.5 Å². The molecule has 4 heteroatoms. The Balaban J connectivity index is 3.09. The molecule has 18 heavy (non-hydrogen) atoms. The summed E-state index contributed by atoms with van der Waals surface area (Å²) in [5, 5.41) is 0.852. The second-order valence-electron chi connectivity index (χ2n) is 4.07. The van der Waals surface area contributed by atoms with Crippen LogP contribution in [0.3, 0.4) is 0 Å². The van der Waals surface area contributed by atoms with Gasteiger partial charge in [-0.2, -0.15) is 0 Å². The molecule has 0 aliphatic rings. The van der Waals surface area contributed by atoms with E-state index in [4.69, 9.17) is 9.47 Å². The van der Waals surface area contributed by atoms with Gasteiger partial charge in [0, 0.05) is 11.4 Å². The number of hydrogen-bond acceptors (Lipinski definition) is 2. The first-order valence-corrected chi connectivity index (χ1v) is 7.41. The molecule has 1 rings (SSSR count). The maximum Gasteiger partial charge on any atom is 0.164 e. The van der Waals surface area contributed by atoms with E-state index in [1.54, 1.807) is 6.07 Å². The first kappa shape index (κ1) is 15.3. The second kappa shape index (κ2) is 7.62. The van der Waals surface area contributed by atoms with Crippen LogP contribution in [-0.2, 0) is 0 Å². The molecule has 2 nitrogen and oxygen atoms in total. The van der Waals surface area contributed by atoms with E-state index in [2.05, 4.69) is 15.9 Å². The highest BCUT2D eigenvalue weighted by atomic mass is 79.9. The summed E-state index contributed by atoms with van der Waals surface area (Å²) in [6.45, 7) is 6.82. The Morgan fingerprint density at radius 1 is 1.17 bits per heavy atom. The van der Waals surface area contributed by atoms with Gasteiger partial charge in [-0.15, -0.1) is 0 Å². The van der Waals surface area contributed by atoms with Gasteiger partial charge >= 0.3 is 0 Å². The first-order chi connectivity index (χ1) is 8.63. The van der Waals surface area contributed by atoms with E-state index >= 15 is 0 Å². The van der Waals surface area contributed by atoms with Crippen LogP contribution in [0, 0.1) is 5.82 Å². The highest BCUT2D eigenvalue weighted by Gasteiger charge is 2.16. The minimum atomic E-state index is -0.227. The fourth-order valence-corrected chi connectivity index (χ4v) is 2.47. The maximum absolute atomic E-state index is 14.0. The number of ether oxygens (including phenoxy) is 2. The Bertz CT molecular complexity index is 382. The van der Waals surface area contributed by atoms with Crippen molar-refractivity contribution in [2.75, 3.05) is 18.5 Å². The molecule has 0 aromatic heterocycles. The molecule has 0 N–H and O–H groups in total. The predicted octanol–water partition coefficient (Wildman–Crippen LogP) is 4.51. The minimum absolute atomic E-state index is 0.152. The summed E-state index contributed by atoms with van der Waals surface area (Å²) in [5.74, 6) is 1.03. The summed E-state index contributed by atoms with van der Waals surface area (Å²) in [6.07, 6.45) is 0.885. The molecule has 0 heterocycles. The molecule has 0 saturated heterocycles. The summed E-state index contributed by atoms with van der Waals surface area (Å²) in [6, 6.07) is 3.19. The van der Waals surface area contributed by atoms with Gasteiger partial charge in [0.05, 0.1) is 13.2 Å². The number of rotatable bonds is 7. The molecule has 0 spiro atoms. The van der Waals surface area contributed by atoms with E-state index in [-0.39, 0.29) is 11.7 Å². The summed E-state index contributed by atoms with van der Waals surface area (Å²) in [7, 11) is 0. The lowest BCUT2D eigenvalue weighted by Crippen LogP contribution is -2.04. The van der Waals surface area contributed by atoms with Crippen LogP contribution in [0.15, 0.2) is 12.1 Å². The molecule has 1 aromatic carbocycles. The molecule has 1 aromatic rings. The van der Waals surface area contributed by atoms with Crippen molar-refractivity contribution in [2.45, 2.75) is 33.1 Å². The smallest absolute Gasteiger partial charge is 0.164 e. The fraction of sp³-hybridized carbons (Fsp3) is 0.571. The van der Waals surface area contributed by atoms with E-state index in [0.717, 1.165) is 11.8 Å². The molecule has 0 radical (unpaired) electrons. The highest BCUT2D eigenvalue weighted by Crippen LogP contribution is 2.34. The molecular formula is C14H20BrFO2. The van der Waals surface area contributed by atoms with E-state index in [0.29, 0.717) is 30.3 Å². The zero-order valence-corrected chi connectivity index (χ0v) is 12.7. The molecule has 0 aliphatic heterocycles. The molecule has 0 aliphatic carbocycles. The number of halogens is 2. The third-order valence-corrected chi connectivity index (χ3v) is 3.19. The molecule has 102 valence electrons. The highest BCUT2D eigenvalue weighted by molar-refractivity contribution is 9.09. The average molecular weight is 319 g/mol. The van der Waals surface area contributed by atoms with Crippen LogP contribution < -0.4 is 9.47 Å². The third-order valence-electron chi connectivity index (χ3n) is 2.74. The predicted molar refractivity (Wildman–Crippen MR) is 75.6 cm³/mol. The zero-order valence-electron chi connectivity index (χ0n) is 11.1. The van der Waals surface area contributed by atoms with Crippen LogP contribution >= 0.6 is 15.9 Å². The van der Waals surface area contributed by atoms with Crippen molar-refractivity contribution in [2.24, 2.45) is 0 Å². The van der Waals surface area contributed by atoms with Gasteiger partial charge in [-0.3, -0.25) is 0 Å². The normalized spacial score (nSPS) is 12.3. The molecule has 0 saturated carbocycles. The summed E-state index contributed by atoms with van der Waals surface area (Å²) >= 11 is 3.38. The summed E-state index contributed by atoms with van der Waals surface area (Å²) < 4.78 is 24.9. The van der Waals surface area contributed by atoms with Gasteiger partial charge in [-0.05, 0) is 37.8 Å². The number of hydrogen-bond donors (Lipinski definition) is 0. The standard InChI is InChI=1S/C14H20BrFO2/c1-4-17-13-8-11(10(3)6-7-15)12(16)9-14(13)18-5-2/h8-10H,4-7H2,1-3H3. The third kappa shape index (κ3) is 3.87. The number of alkyl halides is 1. The summed E-state index contributed by atoms with van der Waals surface area (Å²) in [4.78, 5) is 0. The van der Waals surface area contributed by atoms with Crippen molar-refractivity contribution >= 4 is 15.9 Å². The SMILES string of the molecule is CCOc1cc(F)c(C(C)CCBr)cc1OCC. The van der Waals surface area contributed by atoms with Gasteiger partial charge < -0.3 is 9.47 Å². The van der Waals surface area contributed by atoms with E-state index < -0.39 is 0 Å². The molecule has 0 amide bonds. The fourth-order valence-electron chi connectivity index (χ4n) is 1.78. The van der Waals surface area contributed by atoms with Crippen LogP contribution in [0.5, 0.6) is 11.5 Å². The van der Waals surface area contributed by atoms with Gasteiger partial charge in [-0.1, -0.05) is 22.9 Å². The van der Waals surface area contributed by atoms with E-state index in [1.165, 1.54) is 6.07 Å². The lowest BCUT2D eigenvalue weighted by molar-refractivity contribution is 0.285. The first-order valence-electron chi connectivity index (χ1n) is 6.29. The van der Waals surface area contributed by atoms with Crippen LogP contribution in [-0.4, -0.2) is 18.5 Å². The maximum atomic E-state index is 14.0. The number of benzene rings is 1. The zero-order chi connectivity index (χ0) is 13.5. The molecule has 0 fully saturated rings. The van der Waals surface area contributed by atoms with Crippen molar-refractivity contribution in [1.29, 1.82) is 0 Å². The lowest BCUT2D eigenvalue weighted by atomic mass is 9.97. The Labute approximate surface area is 117 Å². The van der Waals surface area contributed by atoms with Crippen LogP contribution in [0.2, 0.25) is 0 Å². The van der Waals surface area contributed by atoms with Crippen LogP contribution in [0.25, 0.3) is 0 Å². The Morgan fingerprint density at radius 2 is 1.72 bits per heavy atom. The van der Waals surface area contributed by atoms with Crippen molar-refractivity contribution in [1.82, 2.24) is 0 Å². The van der Waals surface area contributed by atoms with Crippen molar-refractivity contribution < 1.29 is 13.9 Å². The van der Waals surface area contributed by atoms with Gasteiger partial charge in [0.1, 0.15) is 5.82 Å².